The molecule has 0 fully saturated rings. The van der Waals surface area contributed by atoms with Gasteiger partial charge in [0.25, 0.3) is 0 Å². The van der Waals surface area contributed by atoms with Crippen LogP contribution in [0.4, 0.5) is 0 Å². The highest BCUT2D eigenvalue weighted by atomic mass is 16.5. The van der Waals surface area contributed by atoms with E-state index in [2.05, 4.69) is 0 Å². The first kappa shape index (κ1) is 18.2. The second kappa shape index (κ2) is 9.23. The van der Waals surface area contributed by atoms with E-state index >= 15 is 0 Å². The van der Waals surface area contributed by atoms with E-state index < -0.39 is 11.9 Å². The topological polar surface area (TPSA) is 52.6 Å². The molecule has 0 N–H and O–H groups in total. The van der Waals surface area contributed by atoms with Gasteiger partial charge in [-0.1, -0.05) is 40.2 Å². The molecule has 0 aromatic heterocycles. The normalized spacial score (nSPS) is 10.6. The molecule has 0 saturated carbocycles. The molecule has 0 amide bonds. The summed E-state index contributed by atoms with van der Waals surface area (Å²) < 4.78 is 10.5. The van der Waals surface area contributed by atoms with Crippen molar-refractivity contribution in [2.24, 2.45) is 5.92 Å². The SMILES string of the molecule is CCCCOC(=O)c1ccc(CC)cc1C(=O)OCC(C)C. The van der Waals surface area contributed by atoms with Crippen LogP contribution in [0.25, 0.3) is 0 Å². The summed E-state index contributed by atoms with van der Waals surface area (Å²) in [4.78, 5) is 24.4. The molecule has 0 aliphatic heterocycles. The summed E-state index contributed by atoms with van der Waals surface area (Å²) in [7, 11) is 0. The average Bonchev–Trinajstić information content (AvgIpc) is 2.52. The number of ether oxygens (including phenoxy) is 2. The lowest BCUT2D eigenvalue weighted by molar-refractivity contribution is 0.0428. The average molecular weight is 306 g/mol. The molecule has 22 heavy (non-hydrogen) atoms. The van der Waals surface area contributed by atoms with Crippen molar-refractivity contribution in [3.05, 3.63) is 34.9 Å². The van der Waals surface area contributed by atoms with E-state index in [1.807, 2.05) is 33.8 Å². The number of carbonyl (C=O) groups excluding carboxylic acids is 2. The Labute approximate surface area is 132 Å². The minimum Gasteiger partial charge on any atom is -0.462 e. The Hall–Kier alpha value is -1.84. The minimum absolute atomic E-state index is 0.248. The van der Waals surface area contributed by atoms with E-state index in [4.69, 9.17) is 9.47 Å². The van der Waals surface area contributed by atoms with Crippen molar-refractivity contribution in [2.45, 2.75) is 47.0 Å². The van der Waals surface area contributed by atoms with Crippen molar-refractivity contribution < 1.29 is 19.1 Å². The minimum atomic E-state index is -0.466. The Bertz CT molecular complexity index is 506. The number of esters is 2. The fraction of sp³-hybridized carbons (Fsp3) is 0.556. The number of hydrogen-bond acceptors (Lipinski definition) is 4. The molecule has 0 unspecified atom stereocenters. The number of unbranched alkanes of at least 4 members (excludes halogenated alkanes) is 1. The van der Waals surface area contributed by atoms with Crippen LogP contribution in [0.5, 0.6) is 0 Å². The Balaban J connectivity index is 2.95. The van der Waals surface area contributed by atoms with E-state index in [1.54, 1.807) is 12.1 Å². The lowest BCUT2D eigenvalue weighted by Gasteiger charge is -2.12. The van der Waals surface area contributed by atoms with Crippen LogP contribution < -0.4 is 0 Å². The molecule has 0 bridgehead atoms. The van der Waals surface area contributed by atoms with Crippen LogP contribution in [-0.2, 0) is 15.9 Å². The van der Waals surface area contributed by atoms with Gasteiger partial charge in [-0.25, -0.2) is 9.59 Å². The smallest absolute Gasteiger partial charge is 0.339 e. The molecule has 1 aromatic carbocycles. The summed E-state index contributed by atoms with van der Waals surface area (Å²) >= 11 is 0. The van der Waals surface area contributed by atoms with Crippen LogP contribution in [0, 0.1) is 5.92 Å². The number of carbonyl (C=O) groups is 2. The standard InChI is InChI=1S/C18H26O4/c1-5-7-10-21-17(19)15-9-8-14(6-2)11-16(15)18(20)22-12-13(3)4/h8-9,11,13H,5-7,10,12H2,1-4H3. The highest BCUT2D eigenvalue weighted by molar-refractivity contribution is 6.03. The Morgan fingerprint density at radius 2 is 1.73 bits per heavy atom. The van der Waals surface area contributed by atoms with Gasteiger partial charge in [0.05, 0.1) is 24.3 Å². The number of aryl methyl sites for hydroxylation is 1. The highest BCUT2D eigenvalue weighted by Gasteiger charge is 2.20. The molecule has 0 saturated heterocycles. The zero-order valence-electron chi connectivity index (χ0n) is 14.0. The summed E-state index contributed by atoms with van der Waals surface area (Å²) in [6, 6.07) is 5.22. The predicted octanol–water partition coefficient (Wildman–Crippen LogP) is 4.02. The maximum Gasteiger partial charge on any atom is 0.339 e. The van der Waals surface area contributed by atoms with Crippen molar-refractivity contribution in [3.63, 3.8) is 0 Å². The second-order valence-electron chi connectivity index (χ2n) is 5.72. The van der Waals surface area contributed by atoms with Gasteiger partial charge < -0.3 is 9.47 Å². The summed E-state index contributed by atoms with van der Waals surface area (Å²) in [5, 5.41) is 0. The molecule has 0 atom stereocenters. The van der Waals surface area contributed by atoms with E-state index in [0.717, 1.165) is 24.8 Å². The van der Waals surface area contributed by atoms with Crippen molar-refractivity contribution in [2.75, 3.05) is 13.2 Å². The van der Waals surface area contributed by atoms with Gasteiger partial charge in [-0.2, -0.15) is 0 Å². The summed E-state index contributed by atoms with van der Waals surface area (Å²) in [5.41, 5.74) is 1.56. The Morgan fingerprint density at radius 1 is 1.05 bits per heavy atom. The molecule has 0 spiro atoms. The van der Waals surface area contributed by atoms with Crippen molar-refractivity contribution in [1.29, 1.82) is 0 Å². The Kier molecular flexibility index (Phi) is 7.64. The van der Waals surface area contributed by atoms with Gasteiger partial charge >= 0.3 is 11.9 Å². The largest absolute Gasteiger partial charge is 0.462 e. The van der Waals surface area contributed by atoms with Gasteiger partial charge in [0.15, 0.2) is 0 Å². The third kappa shape index (κ3) is 5.51. The van der Waals surface area contributed by atoms with Crippen molar-refractivity contribution >= 4 is 11.9 Å². The van der Waals surface area contributed by atoms with Crippen molar-refractivity contribution in [3.8, 4) is 0 Å². The molecule has 0 radical (unpaired) electrons. The van der Waals surface area contributed by atoms with Crippen LogP contribution in [0.15, 0.2) is 18.2 Å². The monoisotopic (exact) mass is 306 g/mol. The number of hydrogen-bond donors (Lipinski definition) is 0. The van der Waals surface area contributed by atoms with Crippen LogP contribution >= 0.6 is 0 Å². The molecule has 0 aliphatic rings. The van der Waals surface area contributed by atoms with E-state index in [-0.39, 0.29) is 11.5 Å². The molecule has 1 rings (SSSR count). The predicted molar refractivity (Wildman–Crippen MR) is 86.1 cm³/mol. The molecule has 0 aliphatic carbocycles. The fourth-order valence-corrected chi connectivity index (χ4v) is 1.87. The lowest BCUT2D eigenvalue weighted by Crippen LogP contribution is -2.16. The van der Waals surface area contributed by atoms with Gasteiger partial charge in [0.2, 0.25) is 0 Å². The first-order valence-electron chi connectivity index (χ1n) is 7.96. The third-order valence-electron chi connectivity index (χ3n) is 3.21. The zero-order valence-corrected chi connectivity index (χ0v) is 14.0. The maximum absolute atomic E-state index is 12.2. The summed E-state index contributed by atoms with van der Waals surface area (Å²) in [6.45, 7) is 8.66. The maximum atomic E-state index is 12.2. The summed E-state index contributed by atoms with van der Waals surface area (Å²) in [6.07, 6.45) is 2.55. The molecule has 0 heterocycles. The molecule has 4 heteroatoms. The first-order chi connectivity index (χ1) is 10.5. The number of benzene rings is 1. The molecule has 122 valence electrons. The Morgan fingerprint density at radius 3 is 2.32 bits per heavy atom. The van der Waals surface area contributed by atoms with Gasteiger partial charge in [0, 0.05) is 0 Å². The van der Waals surface area contributed by atoms with Crippen LogP contribution in [-0.4, -0.2) is 25.2 Å². The highest BCUT2D eigenvalue weighted by Crippen LogP contribution is 2.16. The molecule has 4 nitrogen and oxygen atoms in total. The third-order valence-corrected chi connectivity index (χ3v) is 3.21. The molecular weight excluding hydrogens is 280 g/mol. The van der Waals surface area contributed by atoms with Crippen LogP contribution in [0.3, 0.4) is 0 Å². The number of rotatable bonds is 8. The van der Waals surface area contributed by atoms with E-state index in [9.17, 15) is 9.59 Å². The fourth-order valence-electron chi connectivity index (χ4n) is 1.87. The lowest BCUT2D eigenvalue weighted by atomic mass is 10.0. The van der Waals surface area contributed by atoms with Gasteiger partial charge in [0.1, 0.15) is 0 Å². The van der Waals surface area contributed by atoms with Crippen molar-refractivity contribution in [1.82, 2.24) is 0 Å². The molecular formula is C18H26O4. The second-order valence-corrected chi connectivity index (χ2v) is 5.72. The quantitative estimate of drug-likeness (QED) is 0.537. The van der Waals surface area contributed by atoms with Gasteiger partial charge in [-0.3, -0.25) is 0 Å². The zero-order chi connectivity index (χ0) is 16.5. The first-order valence-corrected chi connectivity index (χ1v) is 7.96. The molecule has 1 aromatic rings. The van der Waals surface area contributed by atoms with Gasteiger partial charge in [-0.15, -0.1) is 0 Å². The van der Waals surface area contributed by atoms with E-state index in [0.29, 0.717) is 18.8 Å². The van der Waals surface area contributed by atoms with Crippen LogP contribution in [0.1, 0.15) is 66.8 Å². The van der Waals surface area contributed by atoms with Crippen LogP contribution in [0.2, 0.25) is 0 Å². The van der Waals surface area contributed by atoms with E-state index in [1.165, 1.54) is 0 Å². The summed E-state index contributed by atoms with van der Waals surface area (Å²) in [5.74, 6) is -0.683. The van der Waals surface area contributed by atoms with Gasteiger partial charge in [-0.05, 0) is 36.5 Å².